The topological polar surface area (TPSA) is 91.8 Å². The van der Waals surface area contributed by atoms with E-state index in [1.807, 2.05) is 54.6 Å². The van der Waals surface area contributed by atoms with Gasteiger partial charge in [-0.25, -0.2) is 8.42 Å². The molecular formula is C21H17Cl2N5O2S. The highest BCUT2D eigenvalue weighted by Crippen LogP contribution is 2.29. The van der Waals surface area contributed by atoms with E-state index in [1.165, 1.54) is 22.5 Å². The molecule has 0 saturated carbocycles. The average molecular weight is 474 g/mol. The largest absolute Gasteiger partial charge is 0.245 e. The maximum atomic E-state index is 13.5. The summed E-state index contributed by atoms with van der Waals surface area (Å²) in [6, 6.07) is 21.1. The van der Waals surface area contributed by atoms with Crippen molar-refractivity contribution in [3.05, 3.63) is 94.0 Å². The molecule has 1 N–H and O–H groups in total. The van der Waals surface area contributed by atoms with Gasteiger partial charge in [0.15, 0.2) is 0 Å². The first kappa shape index (κ1) is 21.5. The summed E-state index contributed by atoms with van der Waals surface area (Å²) >= 11 is 12.2. The zero-order chi connectivity index (χ0) is 21.8. The Kier molecular flexibility index (Phi) is 6.33. The van der Waals surface area contributed by atoms with Gasteiger partial charge in [-0.2, -0.15) is 9.52 Å². The first-order chi connectivity index (χ1) is 14.9. The van der Waals surface area contributed by atoms with E-state index in [-0.39, 0.29) is 23.0 Å². The monoisotopic (exact) mass is 473 g/mol. The number of hydrogen-bond donors (Lipinski definition) is 1. The molecule has 7 nitrogen and oxygen atoms in total. The Morgan fingerprint density at radius 2 is 1.55 bits per heavy atom. The standard InChI is InChI=1S/C21H17Cl2N5O2S/c22-18-10-11-20(19(23)12-18)31(29,30)28(13-15-4-2-1-3-5-15)14-16-6-8-17(9-7-16)21-24-26-27-25-21/h1-12H,13-14H2,(H,24,25,26,27). The Labute approximate surface area is 189 Å². The van der Waals surface area contributed by atoms with Crippen LogP contribution in [0.5, 0.6) is 0 Å². The van der Waals surface area contributed by atoms with E-state index in [9.17, 15) is 8.42 Å². The molecule has 1 heterocycles. The molecule has 31 heavy (non-hydrogen) atoms. The molecule has 158 valence electrons. The maximum absolute atomic E-state index is 13.5. The maximum Gasteiger partial charge on any atom is 0.245 e. The van der Waals surface area contributed by atoms with Crippen LogP contribution in [0, 0.1) is 0 Å². The minimum absolute atomic E-state index is 0.0120. The fraction of sp³-hybridized carbons (Fsp3) is 0.0952. The minimum atomic E-state index is -3.90. The van der Waals surface area contributed by atoms with Crippen molar-refractivity contribution in [3.63, 3.8) is 0 Å². The number of tetrazole rings is 1. The molecule has 4 aromatic rings. The van der Waals surface area contributed by atoms with Gasteiger partial charge in [0.25, 0.3) is 0 Å². The van der Waals surface area contributed by atoms with Gasteiger partial charge < -0.3 is 0 Å². The molecule has 1 aromatic heterocycles. The van der Waals surface area contributed by atoms with Crippen molar-refractivity contribution < 1.29 is 8.42 Å². The molecule has 0 aliphatic heterocycles. The summed E-state index contributed by atoms with van der Waals surface area (Å²) in [5.74, 6) is 0.466. The first-order valence-corrected chi connectivity index (χ1v) is 11.4. The van der Waals surface area contributed by atoms with Crippen molar-refractivity contribution in [1.29, 1.82) is 0 Å². The van der Waals surface area contributed by atoms with E-state index in [1.54, 1.807) is 0 Å². The van der Waals surface area contributed by atoms with Crippen LogP contribution in [0.4, 0.5) is 0 Å². The lowest BCUT2D eigenvalue weighted by Crippen LogP contribution is -2.30. The van der Waals surface area contributed by atoms with Gasteiger partial charge in [-0.3, -0.25) is 0 Å². The minimum Gasteiger partial charge on any atom is -0.207 e. The summed E-state index contributed by atoms with van der Waals surface area (Å²) in [5.41, 5.74) is 2.44. The van der Waals surface area contributed by atoms with Gasteiger partial charge in [-0.1, -0.05) is 77.8 Å². The number of nitrogens with zero attached hydrogens (tertiary/aromatic N) is 4. The molecular weight excluding hydrogens is 457 g/mol. The van der Waals surface area contributed by atoms with Crippen LogP contribution < -0.4 is 0 Å². The van der Waals surface area contributed by atoms with Crippen molar-refractivity contribution in [2.24, 2.45) is 0 Å². The Morgan fingerprint density at radius 3 is 2.16 bits per heavy atom. The fourth-order valence-electron chi connectivity index (χ4n) is 3.08. The molecule has 0 unspecified atom stereocenters. The van der Waals surface area contributed by atoms with Crippen molar-refractivity contribution in [2.75, 3.05) is 0 Å². The van der Waals surface area contributed by atoms with E-state index in [4.69, 9.17) is 23.2 Å². The fourth-order valence-corrected chi connectivity index (χ4v) is 5.25. The summed E-state index contributed by atoms with van der Waals surface area (Å²) in [6.45, 7) is 0.345. The smallest absolute Gasteiger partial charge is 0.207 e. The van der Waals surface area contributed by atoms with Crippen LogP contribution in [0.15, 0.2) is 77.7 Å². The zero-order valence-corrected chi connectivity index (χ0v) is 18.4. The number of nitrogens with one attached hydrogen (secondary N) is 1. The predicted octanol–water partition coefficient (Wildman–Crippen LogP) is 4.56. The highest BCUT2D eigenvalue weighted by molar-refractivity contribution is 7.89. The number of aromatic amines is 1. The van der Waals surface area contributed by atoms with Crippen LogP contribution in [0.2, 0.25) is 10.0 Å². The average Bonchev–Trinajstić information content (AvgIpc) is 3.29. The third kappa shape index (κ3) is 4.94. The van der Waals surface area contributed by atoms with Crippen LogP contribution >= 0.6 is 23.2 Å². The molecule has 10 heteroatoms. The Morgan fingerprint density at radius 1 is 0.871 bits per heavy atom. The third-order valence-electron chi connectivity index (χ3n) is 4.63. The SMILES string of the molecule is O=S(=O)(c1ccc(Cl)cc1Cl)N(Cc1ccccc1)Cc1ccc(-c2nn[nH]n2)cc1. The normalized spacial score (nSPS) is 11.7. The molecule has 0 saturated heterocycles. The van der Waals surface area contributed by atoms with E-state index < -0.39 is 10.0 Å². The second-order valence-electron chi connectivity index (χ2n) is 6.77. The lowest BCUT2D eigenvalue weighted by atomic mass is 10.1. The van der Waals surface area contributed by atoms with Gasteiger partial charge >= 0.3 is 0 Å². The Balaban J connectivity index is 1.67. The van der Waals surface area contributed by atoms with Crippen LogP contribution in [0.25, 0.3) is 11.4 Å². The van der Waals surface area contributed by atoms with E-state index in [0.717, 1.165) is 16.7 Å². The van der Waals surface area contributed by atoms with Crippen LogP contribution in [-0.4, -0.2) is 33.3 Å². The van der Waals surface area contributed by atoms with Gasteiger partial charge in [0.1, 0.15) is 4.90 Å². The number of H-pyrrole nitrogens is 1. The molecule has 0 aliphatic carbocycles. The molecule has 0 spiro atoms. The van der Waals surface area contributed by atoms with Crippen LogP contribution in [0.3, 0.4) is 0 Å². The summed E-state index contributed by atoms with van der Waals surface area (Å²) in [5, 5.41) is 14.3. The van der Waals surface area contributed by atoms with Crippen LogP contribution in [-0.2, 0) is 23.1 Å². The lowest BCUT2D eigenvalue weighted by Gasteiger charge is -2.23. The van der Waals surface area contributed by atoms with Crippen molar-refractivity contribution >= 4 is 33.2 Å². The van der Waals surface area contributed by atoms with Crippen LogP contribution in [0.1, 0.15) is 11.1 Å². The molecule has 0 amide bonds. The number of hydrogen-bond acceptors (Lipinski definition) is 5. The van der Waals surface area contributed by atoms with Gasteiger partial charge in [0.05, 0.1) is 5.02 Å². The predicted molar refractivity (Wildman–Crippen MR) is 119 cm³/mol. The van der Waals surface area contributed by atoms with Gasteiger partial charge in [-0.05, 0) is 34.5 Å². The van der Waals surface area contributed by atoms with Crippen molar-refractivity contribution in [1.82, 2.24) is 24.9 Å². The summed E-state index contributed by atoms with van der Waals surface area (Å²) < 4.78 is 28.4. The number of aromatic nitrogens is 4. The van der Waals surface area contributed by atoms with E-state index >= 15 is 0 Å². The molecule has 0 bridgehead atoms. The molecule has 4 rings (SSSR count). The molecule has 0 aliphatic rings. The third-order valence-corrected chi connectivity index (χ3v) is 7.14. The molecule has 0 fully saturated rings. The number of benzene rings is 3. The second kappa shape index (κ2) is 9.15. The van der Waals surface area contributed by atoms with E-state index in [0.29, 0.717) is 10.8 Å². The molecule has 3 aromatic carbocycles. The second-order valence-corrected chi connectivity index (χ2v) is 9.52. The van der Waals surface area contributed by atoms with Crippen molar-refractivity contribution in [3.8, 4) is 11.4 Å². The highest BCUT2D eigenvalue weighted by Gasteiger charge is 2.27. The molecule has 0 atom stereocenters. The summed E-state index contributed by atoms with van der Waals surface area (Å²) in [7, 11) is -3.90. The van der Waals surface area contributed by atoms with Gasteiger partial charge in [0, 0.05) is 23.7 Å². The number of sulfonamides is 1. The quantitative estimate of drug-likeness (QED) is 0.424. The first-order valence-electron chi connectivity index (χ1n) is 9.25. The summed E-state index contributed by atoms with van der Waals surface area (Å²) in [4.78, 5) is 0.0120. The molecule has 0 radical (unpaired) electrons. The lowest BCUT2D eigenvalue weighted by molar-refractivity contribution is 0.401. The summed E-state index contributed by atoms with van der Waals surface area (Å²) in [6.07, 6.45) is 0. The van der Waals surface area contributed by atoms with E-state index in [2.05, 4.69) is 20.6 Å². The number of rotatable bonds is 7. The van der Waals surface area contributed by atoms with Crippen molar-refractivity contribution in [2.45, 2.75) is 18.0 Å². The Bertz CT molecular complexity index is 1270. The number of halogens is 2. The van der Waals surface area contributed by atoms with Gasteiger partial charge in [-0.15, -0.1) is 10.2 Å². The Hall–Kier alpha value is -2.78. The van der Waals surface area contributed by atoms with Gasteiger partial charge in [0.2, 0.25) is 15.8 Å². The zero-order valence-electron chi connectivity index (χ0n) is 16.1. The highest BCUT2D eigenvalue weighted by atomic mass is 35.5.